The van der Waals surface area contributed by atoms with Gasteiger partial charge in [-0.05, 0) is 51.5 Å². The van der Waals surface area contributed by atoms with Crippen LogP contribution in [0.3, 0.4) is 0 Å². The summed E-state index contributed by atoms with van der Waals surface area (Å²) in [6.45, 7) is 8.50. The second-order valence-electron chi connectivity index (χ2n) is 8.36. The summed E-state index contributed by atoms with van der Waals surface area (Å²) in [6, 6.07) is 9.60. The number of nitrogens with one attached hydrogen (secondary N) is 1. The largest absolute Gasteiger partial charge is 0.470 e. The van der Waals surface area contributed by atoms with Gasteiger partial charge in [0.2, 0.25) is 5.88 Å². The summed E-state index contributed by atoms with van der Waals surface area (Å²) in [4.78, 5) is 28.0. The fraction of sp³-hybridized carbons (Fsp3) is 0.364. The number of pyridine rings is 2. The van der Waals surface area contributed by atoms with E-state index in [-0.39, 0.29) is 12.2 Å². The number of rotatable bonds is 5. The number of hydrogen-bond acceptors (Lipinski definition) is 8. The molecule has 4 heterocycles. The highest BCUT2D eigenvalue weighted by molar-refractivity contribution is 7.18. The zero-order chi connectivity index (χ0) is 22.0. The Morgan fingerprint density at radius 2 is 2.03 bits per heavy atom. The van der Waals surface area contributed by atoms with Crippen LogP contribution in [0.15, 0.2) is 42.7 Å². The molecule has 0 saturated carbocycles. The van der Waals surface area contributed by atoms with Crippen LogP contribution in [0.4, 0.5) is 15.7 Å². The number of amides is 1. The number of thiazole rings is 1. The molecule has 0 atom stereocenters. The van der Waals surface area contributed by atoms with Crippen molar-refractivity contribution in [2.45, 2.75) is 39.4 Å². The van der Waals surface area contributed by atoms with Gasteiger partial charge in [-0.2, -0.15) is 4.98 Å². The summed E-state index contributed by atoms with van der Waals surface area (Å²) >= 11 is 1.51. The molecule has 1 saturated heterocycles. The first-order valence-corrected chi connectivity index (χ1v) is 10.8. The fourth-order valence-corrected chi connectivity index (χ4v) is 3.79. The summed E-state index contributed by atoms with van der Waals surface area (Å²) in [6.07, 6.45) is 3.13. The van der Waals surface area contributed by atoms with E-state index in [1.54, 1.807) is 17.3 Å². The number of carbonyl (C=O) groups excluding carboxylic acids is 1. The number of hydrogen-bond donors (Lipinski definition) is 1. The molecular formula is C22H25N5O3S. The van der Waals surface area contributed by atoms with Crippen LogP contribution in [0.2, 0.25) is 0 Å². The minimum Gasteiger partial charge on any atom is -0.470 e. The predicted molar refractivity (Wildman–Crippen MR) is 120 cm³/mol. The van der Waals surface area contributed by atoms with Gasteiger partial charge < -0.3 is 19.7 Å². The Morgan fingerprint density at radius 3 is 2.74 bits per heavy atom. The van der Waals surface area contributed by atoms with Crippen molar-refractivity contribution >= 4 is 28.4 Å². The maximum absolute atomic E-state index is 12.1. The molecule has 4 rings (SSSR count). The molecule has 1 N–H and O–H groups in total. The number of ether oxygens (including phenoxy) is 2. The highest BCUT2D eigenvalue weighted by atomic mass is 32.1. The Kier molecular flexibility index (Phi) is 5.77. The van der Waals surface area contributed by atoms with Gasteiger partial charge in [0.05, 0.1) is 23.7 Å². The molecule has 3 aromatic rings. The SMILES string of the molecule is Cc1cc(Nc2ncc(-c3ccccn3)s2)nc(OC2CN(C(=O)OC(C)(C)C)C2)c1. The second kappa shape index (κ2) is 8.50. The first-order valence-electron chi connectivity index (χ1n) is 10.0. The Hall–Kier alpha value is -3.20. The fourth-order valence-electron chi connectivity index (χ4n) is 2.99. The molecule has 1 fully saturated rings. The van der Waals surface area contributed by atoms with Crippen LogP contribution in [-0.4, -0.2) is 50.7 Å². The molecule has 0 radical (unpaired) electrons. The Balaban J connectivity index is 1.36. The van der Waals surface area contributed by atoms with E-state index < -0.39 is 5.60 Å². The maximum Gasteiger partial charge on any atom is 0.410 e. The minimum absolute atomic E-state index is 0.106. The molecule has 0 aromatic carbocycles. The van der Waals surface area contributed by atoms with Crippen molar-refractivity contribution in [1.29, 1.82) is 0 Å². The van der Waals surface area contributed by atoms with E-state index in [0.29, 0.717) is 24.8 Å². The molecule has 1 aliphatic rings. The smallest absolute Gasteiger partial charge is 0.410 e. The Labute approximate surface area is 185 Å². The van der Waals surface area contributed by atoms with E-state index in [0.717, 1.165) is 21.3 Å². The molecule has 0 spiro atoms. The summed E-state index contributed by atoms with van der Waals surface area (Å²) in [5, 5.41) is 3.97. The number of likely N-dealkylation sites (tertiary alicyclic amines) is 1. The minimum atomic E-state index is -0.506. The van der Waals surface area contributed by atoms with Gasteiger partial charge in [0.1, 0.15) is 17.5 Å². The molecule has 162 valence electrons. The quantitative estimate of drug-likeness (QED) is 0.619. The molecule has 3 aromatic heterocycles. The number of nitrogens with zero attached hydrogens (tertiary/aromatic N) is 4. The molecule has 9 heteroatoms. The summed E-state index contributed by atoms with van der Waals surface area (Å²) in [5.41, 5.74) is 1.39. The van der Waals surface area contributed by atoms with Crippen LogP contribution in [0.25, 0.3) is 10.6 Å². The lowest BCUT2D eigenvalue weighted by Crippen LogP contribution is -2.57. The van der Waals surface area contributed by atoms with Crippen molar-refractivity contribution in [1.82, 2.24) is 19.9 Å². The van der Waals surface area contributed by atoms with E-state index in [9.17, 15) is 4.79 Å². The number of carbonyl (C=O) groups is 1. The Morgan fingerprint density at radius 1 is 1.23 bits per heavy atom. The number of aryl methyl sites for hydroxylation is 1. The Bertz CT molecular complexity index is 1060. The molecule has 8 nitrogen and oxygen atoms in total. The first kappa shape index (κ1) is 21.0. The highest BCUT2D eigenvalue weighted by Crippen LogP contribution is 2.30. The third-order valence-electron chi connectivity index (χ3n) is 4.39. The lowest BCUT2D eigenvalue weighted by Gasteiger charge is -2.39. The van der Waals surface area contributed by atoms with E-state index in [1.807, 2.05) is 58.0 Å². The van der Waals surface area contributed by atoms with Crippen molar-refractivity contribution < 1.29 is 14.3 Å². The van der Waals surface area contributed by atoms with Crippen molar-refractivity contribution in [3.8, 4) is 16.5 Å². The van der Waals surface area contributed by atoms with Crippen LogP contribution in [0, 0.1) is 6.92 Å². The molecule has 0 bridgehead atoms. The highest BCUT2D eigenvalue weighted by Gasteiger charge is 2.35. The summed E-state index contributed by atoms with van der Waals surface area (Å²) in [5.74, 6) is 1.16. The van der Waals surface area contributed by atoms with Gasteiger partial charge in [0.25, 0.3) is 0 Å². The van der Waals surface area contributed by atoms with Gasteiger partial charge in [-0.15, -0.1) is 0 Å². The zero-order valence-electron chi connectivity index (χ0n) is 18.0. The van der Waals surface area contributed by atoms with Crippen molar-refractivity contribution in [3.05, 3.63) is 48.3 Å². The van der Waals surface area contributed by atoms with Gasteiger partial charge in [-0.1, -0.05) is 17.4 Å². The zero-order valence-corrected chi connectivity index (χ0v) is 18.8. The average molecular weight is 440 g/mol. The van der Waals surface area contributed by atoms with E-state index >= 15 is 0 Å². The van der Waals surface area contributed by atoms with Crippen LogP contribution in [0.5, 0.6) is 5.88 Å². The van der Waals surface area contributed by atoms with Crippen LogP contribution in [-0.2, 0) is 4.74 Å². The van der Waals surface area contributed by atoms with Gasteiger partial charge in [0.15, 0.2) is 5.13 Å². The summed E-state index contributed by atoms with van der Waals surface area (Å²) in [7, 11) is 0. The van der Waals surface area contributed by atoms with E-state index in [1.165, 1.54) is 11.3 Å². The molecule has 1 aliphatic heterocycles. The molecular weight excluding hydrogens is 414 g/mol. The molecule has 1 amide bonds. The normalized spacial score (nSPS) is 14.1. The lowest BCUT2D eigenvalue weighted by molar-refractivity contribution is -0.0232. The van der Waals surface area contributed by atoms with Crippen molar-refractivity contribution in [3.63, 3.8) is 0 Å². The van der Waals surface area contributed by atoms with Gasteiger partial charge in [0, 0.05) is 18.5 Å². The standard InChI is InChI=1S/C22H25N5O3S/c1-14-9-18(26-20-24-11-17(31-20)16-7-5-6-8-23-16)25-19(10-14)29-15-12-27(13-15)21(28)30-22(2,3)4/h5-11,15H,12-13H2,1-4H3,(H,24,25,26). The molecule has 31 heavy (non-hydrogen) atoms. The van der Waals surface area contributed by atoms with Crippen LogP contribution in [0.1, 0.15) is 26.3 Å². The van der Waals surface area contributed by atoms with Crippen LogP contribution >= 0.6 is 11.3 Å². The second-order valence-corrected chi connectivity index (χ2v) is 9.39. The monoisotopic (exact) mass is 439 g/mol. The molecule has 0 unspecified atom stereocenters. The first-order chi connectivity index (χ1) is 14.7. The van der Waals surface area contributed by atoms with E-state index in [2.05, 4.69) is 20.3 Å². The van der Waals surface area contributed by atoms with Gasteiger partial charge in [-0.25, -0.2) is 9.78 Å². The topological polar surface area (TPSA) is 89.5 Å². The van der Waals surface area contributed by atoms with Crippen molar-refractivity contribution in [2.75, 3.05) is 18.4 Å². The predicted octanol–water partition coefficient (Wildman–Crippen LogP) is 4.65. The van der Waals surface area contributed by atoms with E-state index in [4.69, 9.17) is 9.47 Å². The molecule has 0 aliphatic carbocycles. The lowest BCUT2D eigenvalue weighted by atomic mass is 10.1. The van der Waals surface area contributed by atoms with Gasteiger partial charge >= 0.3 is 6.09 Å². The maximum atomic E-state index is 12.1. The van der Waals surface area contributed by atoms with Crippen LogP contribution < -0.4 is 10.1 Å². The average Bonchev–Trinajstić information content (AvgIpc) is 3.11. The van der Waals surface area contributed by atoms with Gasteiger partial charge in [-0.3, -0.25) is 4.98 Å². The third kappa shape index (κ3) is 5.49. The number of aromatic nitrogens is 3. The third-order valence-corrected chi connectivity index (χ3v) is 5.33. The number of anilines is 2. The van der Waals surface area contributed by atoms with Crippen molar-refractivity contribution in [2.24, 2.45) is 0 Å². The summed E-state index contributed by atoms with van der Waals surface area (Å²) < 4.78 is 11.3.